The van der Waals surface area contributed by atoms with Crippen molar-refractivity contribution in [2.24, 2.45) is 17.6 Å². The first-order valence-corrected chi connectivity index (χ1v) is 15.2. The Balaban J connectivity index is 2.39. The normalized spacial score (nSPS) is 23.3. The zero-order chi connectivity index (χ0) is 30.3. The minimum Gasteiger partial charge on any atom is -0.481 e. The fourth-order valence-corrected chi connectivity index (χ4v) is 4.85. The maximum atomic E-state index is 12.1. The van der Waals surface area contributed by atoms with Crippen LogP contribution in [0.25, 0.3) is 0 Å². The summed E-state index contributed by atoms with van der Waals surface area (Å²) < 4.78 is 41.6. The average Bonchev–Trinajstić information content (AvgIpc) is 2.88. The Morgan fingerprint density at radius 1 is 1.10 bits per heavy atom. The number of aliphatic hydroxyl groups is 2. The largest absolute Gasteiger partial charge is 0.481 e. The molecule has 1 fully saturated rings. The van der Waals surface area contributed by atoms with Crippen LogP contribution in [-0.2, 0) is 38.3 Å². The van der Waals surface area contributed by atoms with Gasteiger partial charge in [-0.05, 0) is 32.1 Å². The van der Waals surface area contributed by atoms with Gasteiger partial charge in [0.15, 0.2) is 0 Å². The number of nitrogens with two attached hydrogens (primary N) is 1. The third kappa shape index (κ3) is 14.0. The molecule has 40 heavy (non-hydrogen) atoms. The Hall–Kier alpha value is -2.10. The maximum Gasteiger partial charge on any atom is 0.362 e. The lowest BCUT2D eigenvalue weighted by atomic mass is 9.90. The zero-order valence-corrected chi connectivity index (χ0v) is 24.4. The van der Waals surface area contributed by atoms with Gasteiger partial charge in [0.25, 0.3) is 5.91 Å². The third-order valence-electron chi connectivity index (χ3n) is 6.88. The lowest BCUT2D eigenvalue weighted by Gasteiger charge is -2.37. The van der Waals surface area contributed by atoms with Crippen molar-refractivity contribution >= 4 is 28.1 Å². The first kappa shape index (κ1) is 35.9. The highest BCUT2D eigenvalue weighted by molar-refractivity contribution is 7.85. The van der Waals surface area contributed by atoms with Crippen LogP contribution in [0, 0.1) is 11.8 Å². The van der Waals surface area contributed by atoms with Crippen LogP contribution in [0.2, 0.25) is 0 Å². The van der Waals surface area contributed by atoms with Gasteiger partial charge in [-0.3, -0.25) is 13.8 Å². The molecule has 13 nitrogen and oxygen atoms in total. The second kappa shape index (κ2) is 18.4. The quantitative estimate of drug-likeness (QED) is 0.0810. The van der Waals surface area contributed by atoms with Crippen LogP contribution in [0.4, 0.5) is 0 Å². The number of ether oxygens (including phenoxy) is 2. The van der Waals surface area contributed by atoms with Crippen LogP contribution >= 0.6 is 0 Å². The van der Waals surface area contributed by atoms with Crippen molar-refractivity contribution in [2.75, 3.05) is 19.8 Å². The molecule has 0 aromatic carbocycles. The van der Waals surface area contributed by atoms with Gasteiger partial charge in [0, 0.05) is 18.4 Å². The summed E-state index contributed by atoms with van der Waals surface area (Å²) in [5, 5.41) is 29.6. The van der Waals surface area contributed by atoms with Crippen molar-refractivity contribution in [3.05, 3.63) is 11.6 Å². The Labute approximate surface area is 236 Å². The highest BCUT2D eigenvalue weighted by atomic mass is 32.2. The van der Waals surface area contributed by atoms with E-state index < -0.39 is 65.0 Å². The lowest BCUT2D eigenvalue weighted by molar-refractivity contribution is -0.168. The SMILES string of the molecule is CC[C@H](C)[C@H](N)C(=O)NS(=O)(=O)OC[C@H]1CO[C@@H](C/C(C)=C/C(=O)OCCCCCCCCC(=O)O)[C@H](O)[C@@H]1O. The number of esters is 1. The minimum absolute atomic E-state index is 0.118. The van der Waals surface area contributed by atoms with Crippen LogP contribution < -0.4 is 10.5 Å². The fourth-order valence-electron chi connectivity index (χ4n) is 4.06. The van der Waals surface area contributed by atoms with E-state index in [4.69, 9.17) is 24.5 Å². The van der Waals surface area contributed by atoms with Gasteiger partial charge in [0.05, 0.1) is 38.1 Å². The number of aliphatic carboxylic acids is 1. The standard InChI is InChI=1S/C26H46N2O11S/c1-4-18(3)23(27)26(34)28-40(35,36)39-16-19-15-38-20(25(33)24(19)32)13-17(2)14-22(31)37-12-10-8-6-5-7-9-11-21(29)30/h14,18-20,23-25,32-33H,4-13,15-16,27H2,1-3H3,(H,28,34)(H,29,30)/b17-14+/t18-,19+,20-,23-,24+,25-/m0/s1. The molecule has 0 aromatic heterocycles. The van der Waals surface area contributed by atoms with Gasteiger partial charge in [-0.15, -0.1) is 0 Å². The number of carboxylic acid groups (broad SMARTS) is 1. The molecule has 6 atom stereocenters. The summed E-state index contributed by atoms with van der Waals surface area (Å²) in [6.07, 6.45) is 3.58. The van der Waals surface area contributed by atoms with E-state index in [0.29, 0.717) is 24.8 Å². The minimum atomic E-state index is -4.48. The second-order valence-electron chi connectivity index (χ2n) is 10.4. The number of carbonyl (C=O) groups excluding carboxylic acids is 2. The molecule has 6 N–H and O–H groups in total. The number of carbonyl (C=O) groups is 3. The van der Waals surface area contributed by atoms with Crippen molar-refractivity contribution in [1.29, 1.82) is 0 Å². The number of unbranched alkanes of at least 4 members (excludes halogenated alkanes) is 5. The van der Waals surface area contributed by atoms with E-state index in [2.05, 4.69) is 0 Å². The van der Waals surface area contributed by atoms with E-state index in [1.807, 2.05) is 6.92 Å². The van der Waals surface area contributed by atoms with E-state index in [1.165, 1.54) is 6.08 Å². The predicted molar refractivity (Wildman–Crippen MR) is 145 cm³/mol. The number of nitrogens with one attached hydrogen (secondary N) is 1. The first-order chi connectivity index (χ1) is 18.8. The second-order valence-corrected chi connectivity index (χ2v) is 11.7. The molecule has 0 bridgehead atoms. The summed E-state index contributed by atoms with van der Waals surface area (Å²) in [4.78, 5) is 34.6. The maximum absolute atomic E-state index is 12.1. The summed E-state index contributed by atoms with van der Waals surface area (Å²) in [5.74, 6) is -3.34. The van der Waals surface area contributed by atoms with Gasteiger partial charge in [0.2, 0.25) is 0 Å². The summed E-state index contributed by atoms with van der Waals surface area (Å²) in [6, 6.07) is -1.03. The topological polar surface area (TPSA) is 212 Å². The number of rotatable bonds is 19. The number of aliphatic hydroxyl groups excluding tert-OH is 2. The smallest absolute Gasteiger partial charge is 0.362 e. The van der Waals surface area contributed by atoms with Crippen LogP contribution in [0.1, 0.15) is 78.6 Å². The molecule has 0 radical (unpaired) electrons. The predicted octanol–water partition coefficient (Wildman–Crippen LogP) is 1.17. The van der Waals surface area contributed by atoms with Crippen LogP contribution in [0.5, 0.6) is 0 Å². The highest BCUT2D eigenvalue weighted by Crippen LogP contribution is 2.25. The van der Waals surface area contributed by atoms with Gasteiger partial charge in [0.1, 0.15) is 6.10 Å². The van der Waals surface area contributed by atoms with Crippen molar-refractivity contribution in [2.45, 2.75) is 103 Å². The van der Waals surface area contributed by atoms with Crippen molar-refractivity contribution < 1.29 is 51.8 Å². The molecule has 0 spiro atoms. The molecular weight excluding hydrogens is 548 g/mol. The van der Waals surface area contributed by atoms with Gasteiger partial charge in [-0.2, -0.15) is 8.42 Å². The van der Waals surface area contributed by atoms with Crippen molar-refractivity contribution in [3.8, 4) is 0 Å². The lowest BCUT2D eigenvalue weighted by Crippen LogP contribution is -2.52. The van der Waals surface area contributed by atoms with E-state index in [0.717, 1.165) is 25.7 Å². The molecular formula is C26H46N2O11S. The van der Waals surface area contributed by atoms with Gasteiger partial charge >= 0.3 is 22.2 Å². The molecule has 0 unspecified atom stereocenters. The third-order valence-corrected chi connectivity index (χ3v) is 7.78. The molecule has 0 aliphatic carbocycles. The number of carboxylic acids is 1. The van der Waals surface area contributed by atoms with E-state index >= 15 is 0 Å². The summed E-state index contributed by atoms with van der Waals surface area (Å²) in [7, 11) is -4.48. The van der Waals surface area contributed by atoms with Crippen LogP contribution in [0.15, 0.2) is 11.6 Å². The first-order valence-electron chi connectivity index (χ1n) is 13.8. The Morgan fingerprint density at radius 2 is 1.73 bits per heavy atom. The molecule has 14 heteroatoms. The Kier molecular flexibility index (Phi) is 16.5. The molecule has 1 heterocycles. The summed E-state index contributed by atoms with van der Waals surface area (Å²) in [6.45, 7) is 4.80. The van der Waals surface area contributed by atoms with Gasteiger partial charge in [-0.1, -0.05) is 51.5 Å². The number of hydrogen-bond acceptors (Lipinski definition) is 11. The number of amides is 1. The number of hydrogen-bond donors (Lipinski definition) is 5. The fraction of sp³-hybridized carbons (Fsp3) is 0.808. The van der Waals surface area contributed by atoms with Crippen LogP contribution in [0.3, 0.4) is 0 Å². The molecule has 232 valence electrons. The molecule has 0 saturated carbocycles. The Morgan fingerprint density at radius 3 is 2.35 bits per heavy atom. The monoisotopic (exact) mass is 594 g/mol. The van der Waals surface area contributed by atoms with Crippen LogP contribution in [-0.4, -0.2) is 85.8 Å². The summed E-state index contributed by atoms with van der Waals surface area (Å²) >= 11 is 0. The van der Waals surface area contributed by atoms with E-state index in [1.54, 1.807) is 18.6 Å². The molecule has 1 amide bonds. The molecule has 1 aliphatic heterocycles. The Bertz CT molecular complexity index is 941. The van der Waals surface area contributed by atoms with E-state index in [-0.39, 0.29) is 32.0 Å². The molecule has 1 saturated heterocycles. The van der Waals surface area contributed by atoms with E-state index in [9.17, 15) is 33.0 Å². The van der Waals surface area contributed by atoms with Gasteiger partial charge < -0.3 is 30.5 Å². The van der Waals surface area contributed by atoms with Crippen molar-refractivity contribution in [1.82, 2.24) is 4.72 Å². The zero-order valence-electron chi connectivity index (χ0n) is 23.6. The molecule has 1 aliphatic rings. The highest BCUT2D eigenvalue weighted by Gasteiger charge is 2.39. The van der Waals surface area contributed by atoms with Gasteiger partial charge in [-0.25, -0.2) is 9.52 Å². The molecule has 0 aromatic rings. The van der Waals surface area contributed by atoms with Crippen molar-refractivity contribution in [3.63, 3.8) is 0 Å². The molecule has 1 rings (SSSR count). The summed E-state index contributed by atoms with van der Waals surface area (Å²) in [5.41, 5.74) is 6.30. The average molecular weight is 595 g/mol.